The molecule has 0 fully saturated rings. The summed E-state index contributed by atoms with van der Waals surface area (Å²) in [5, 5.41) is 10.8. The van der Waals surface area contributed by atoms with Crippen molar-refractivity contribution < 1.29 is 0 Å². The first kappa shape index (κ1) is 14.5. The molecule has 3 rings (SSSR count). The highest BCUT2D eigenvalue weighted by Crippen LogP contribution is 2.36. The average Bonchev–Trinajstić information content (AvgIpc) is 3.00. The van der Waals surface area contributed by atoms with E-state index in [2.05, 4.69) is 51.1 Å². The van der Waals surface area contributed by atoms with Gasteiger partial charge < -0.3 is 5.32 Å². The molecule has 0 saturated heterocycles. The topological polar surface area (TPSA) is 40.7 Å². The summed E-state index contributed by atoms with van der Waals surface area (Å²) >= 11 is 4.41. The Morgan fingerprint density at radius 2 is 2.45 bits per heavy atom. The van der Waals surface area contributed by atoms with Crippen LogP contribution < -0.4 is 5.32 Å². The molecule has 108 valence electrons. The first-order valence-corrected chi connectivity index (χ1v) is 9.14. The average molecular weight is 401 g/mol. The molecule has 0 spiro atoms. The van der Waals surface area contributed by atoms with Crippen LogP contribution in [0.1, 0.15) is 47.0 Å². The van der Waals surface area contributed by atoms with Crippen LogP contribution in [0, 0.1) is 9.81 Å². The van der Waals surface area contributed by atoms with Crippen LogP contribution in [0.5, 0.6) is 0 Å². The van der Waals surface area contributed by atoms with E-state index < -0.39 is 0 Å². The van der Waals surface area contributed by atoms with Gasteiger partial charge in [-0.15, -0.1) is 11.3 Å². The number of aryl methyl sites for hydroxylation is 3. The third-order valence-electron chi connectivity index (χ3n) is 4.03. The maximum atomic E-state index is 4.08. The maximum absolute atomic E-state index is 4.08. The van der Waals surface area contributed by atoms with Gasteiger partial charge in [0, 0.05) is 16.6 Å². The van der Waals surface area contributed by atoms with Gasteiger partial charge >= 0.3 is 0 Å². The van der Waals surface area contributed by atoms with Crippen molar-refractivity contribution in [2.45, 2.75) is 45.1 Å². The van der Waals surface area contributed by atoms with E-state index in [9.17, 15) is 0 Å². The van der Waals surface area contributed by atoms with Crippen LogP contribution in [0.4, 0.5) is 0 Å². The molecule has 1 aliphatic rings. The molecule has 2 N–H and O–H groups in total. The molecule has 0 amide bonds. The smallest absolute Gasteiger partial charge is 0.0659 e. The fourth-order valence-corrected chi connectivity index (χ4v) is 5.04. The van der Waals surface area contributed by atoms with Crippen molar-refractivity contribution in [2.75, 3.05) is 6.54 Å². The lowest BCUT2D eigenvalue weighted by Crippen LogP contribution is -2.25. The van der Waals surface area contributed by atoms with Gasteiger partial charge in [-0.2, -0.15) is 5.10 Å². The van der Waals surface area contributed by atoms with E-state index in [1.807, 2.05) is 17.5 Å². The SMILES string of the molecule is Cc1[nH]ncc1CCCNC1CCCc2sc(I)cc21. The molecule has 1 unspecified atom stereocenters. The van der Waals surface area contributed by atoms with Crippen LogP contribution in [0.25, 0.3) is 0 Å². The minimum absolute atomic E-state index is 0.573. The number of halogens is 1. The molecule has 5 heteroatoms. The zero-order valence-electron chi connectivity index (χ0n) is 11.7. The minimum atomic E-state index is 0.573. The van der Waals surface area contributed by atoms with Crippen molar-refractivity contribution in [1.29, 1.82) is 0 Å². The lowest BCUT2D eigenvalue weighted by molar-refractivity contribution is 0.459. The second-order valence-corrected chi connectivity index (χ2v) is 8.48. The van der Waals surface area contributed by atoms with Crippen molar-refractivity contribution in [2.24, 2.45) is 0 Å². The Bertz CT molecular complexity index is 575. The van der Waals surface area contributed by atoms with E-state index >= 15 is 0 Å². The van der Waals surface area contributed by atoms with Crippen LogP contribution in [0.3, 0.4) is 0 Å². The number of rotatable bonds is 5. The summed E-state index contributed by atoms with van der Waals surface area (Å²) in [4.78, 5) is 1.60. The molecule has 0 saturated carbocycles. The fourth-order valence-electron chi connectivity index (χ4n) is 2.92. The van der Waals surface area contributed by atoms with Gasteiger partial charge in [0.05, 0.1) is 9.08 Å². The number of aromatic amines is 1. The summed E-state index contributed by atoms with van der Waals surface area (Å²) in [5.74, 6) is 0. The zero-order valence-corrected chi connectivity index (χ0v) is 14.7. The van der Waals surface area contributed by atoms with E-state index in [0.717, 1.165) is 13.0 Å². The number of nitrogens with one attached hydrogen (secondary N) is 2. The highest BCUT2D eigenvalue weighted by Gasteiger charge is 2.21. The van der Waals surface area contributed by atoms with E-state index in [4.69, 9.17) is 0 Å². The molecular formula is C15H20IN3S. The number of hydrogen-bond acceptors (Lipinski definition) is 3. The minimum Gasteiger partial charge on any atom is -0.310 e. The standard InChI is InChI=1S/C15H20IN3S/c1-10-11(9-18-19-10)4-3-7-17-13-5-2-6-14-12(13)8-15(16)20-14/h8-9,13,17H,2-7H2,1H3,(H,18,19). The van der Waals surface area contributed by atoms with Crippen LogP contribution in [-0.4, -0.2) is 16.7 Å². The van der Waals surface area contributed by atoms with Crippen molar-refractivity contribution in [3.63, 3.8) is 0 Å². The summed E-state index contributed by atoms with van der Waals surface area (Å²) in [7, 11) is 0. The fraction of sp³-hybridized carbons (Fsp3) is 0.533. The lowest BCUT2D eigenvalue weighted by atomic mass is 9.94. The molecule has 2 aromatic heterocycles. The summed E-state index contributed by atoms with van der Waals surface area (Å²) in [5.41, 5.74) is 4.11. The Hall–Kier alpha value is -0.400. The molecule has 1 atom stereocenters. The molecule has 0 radical (unpaired) electrons. The van der Waals surface area contributed by atoms with Gasteiger partial charge in [-0.1, -0.05) is 0 Å². The van der Waals surface area contributed by atoms with Crippen molar-refractivity contribution in [3.8, 4) is 0 Å². The summed E-state index contributed by atoms with van der Waals surface area (Å²) < 4.78 is 1.43. The molecular weight excluding hydrogens is 381 g/mol. The Kier molecular flexibility index (Phi) is 4.78. The Balaban J connectivity index is 1.51. The summed E-state index contributed by atoms with van der Waals surface area (Å²) in [6.45, 7) is 3.18. The summed E-state index contributed by atoms with van der Waals surface area (Å²) in [6, 6.07) is 2.95. The number of aromatic nitrogens is 2. The predicted octanol–water partition coefficient (Wildman–Crippen LogP) is 3.98. The van der Waals surface area contributed by atoms with Gasteiger partial charge in [0.1, 0.15) is 0 Å². The quantitative estimate of drug-likeness (QED) is 0.588. The Morgan fingerprint density at radius 3 is 3.25 bits per heavy atom. The maximum Gasteiger partial charge on any atom is 0.0659 e. The highest BCUT2D eigenvalue weighted by atomic mass is 127. The highest BCUT2D eigenvalue weighted by molar-refractivity contribution is 14.1. The van der Waals surface area contributed by atoms with Gasteiger partial charge in [-0.25, -0.2) is 0 Å². The van der Waals surface area contributed by atoms with Gasteiger partial charge in [0.2, 0.25) is 0 Å². The first-order valence-electron chi connectivity index (χ1n) is 7.24. The number of fused-ring (bicyclic) bond motifs is 1. The van der Waals surface area contributed by atoms with Crippen LogP contribution in [0.2, 0.25) is 0 Å². The zero-order chi connectivity index (χ0) is 13.9. The van der Waals surface area contributed by atoms with Crippen molar-refractivity contribution in [1.82, 2.24) is 15.5 Å². The van der Waals surface area contributed by atoms with E-state index in [1.54, 1.807) is 10.4 Å². The number of nitrogens with zero attached hydrogens (tertiary/aromatic N) is 1. The van der Waals surface area contributed by atoms with E-state index in [1.165, 1.54) is 39.8 Å². The molecule has 0 aliphatic heterocycles. The van der Waals surface area contributed by atoms with Gasteiger partial charge in [-0.05, 0) is 85.4 Å². The molecule has 1 aliphatic carbocycles. The second-order valence-electron chi connectivity index (χ2n) is 5.45. The van der Waals surface area contributed by atoms with Gasteiger partial charge in [0.25, 0.3) is 0 Å². The predicted molar refractivity (Wildman–Crippen MR) is 92.4 cm³/mol. The number of hydrogen-bond donors (Lipinski definition) is 2. The normalized spacial score (nSPS) is 18.2. The third-order valence-corrected chi connectivity index (χ3v) is 6.00. The van der Waals surface area contributed by atoms with Gasteiger partial charge in [-0.3, -0.25) is 5.10 Å². The molecule has 0 aromatic carbocycles. The van der Waals surface area contributed by atoms with Crippen molar-refractivity contribution >= 4 is 33.9 Å². The van der Waals surface area contributed by atoms with Crippen LogP contribution in [-0.2, 0) is 12.8 Å². The van der Waals surface area contributed by atoms with Crippen LogP contribution in [0.15, 0.2) is 12.3 Å². The van der Waals surface area contributed by atoms with Crippen molar-refractivity contribution in [3.05, 3.63) is 36.8 Å². The number of thiophene rings is 1. The first-order chi connectivity index (χ1) is 9.74. The largest absolute Gasteiger partial charge is 0.310 e. The van der Waals surface area contributed by atoms with E-state index in [-0.39, 0.29) is 0 Å². The van der Waals surface area contributed by atoms with Crippen LogP contribution >= 0.6 is 33.9 Å². The number of H-pyrrole nitrogens is 1. The molecule has 2 aromatic rings. The molecule has 0 bridgehead atoms. The second kappa shape index (κ2) is 6.58. The molecule has 3 nitrogen and oxygen atoms in total. The summed E-state index contributed by atoms with van der Waals surface area (Å²) in [6.07, 6.45) is 8.11. The Morgan fingerprint density at radius 1 is 1.55 bits per heavy atom. The monoisotopic (exact) mass is 401 g/mol. The van der Waals surface area contributed by atoms with E-state index in [0.29, 0.717) is 6.04 Å². The third kappa shape index (κ3) is 3.26. The van der Waals surface area contributed by atoms with Gasteiger partial charge in [0.15, 0.2) is 0 Å². The Labute approximate surface area is 137 Å². The molecule has 20 heavy (non-hydrogen) atoms. The molecule has 2 heterocycles. The lowest BCUT2D eigenvalue weighted by Gasteiger charge is -2.23.